The summed E-state index contributed by atoms with van der Waals surface area (Å²) in [6.45, 7) is 5.00. The van der Waals surface area contributed by atoms with Gasteiger partial charge in [0.15, 0.2) is 0 Å². The minimum atomic E-state index is -0.182. The zero-order valence-corrected chi connectivity index (χ0v) is 11.5. The first kappa shape index (κ1) is 13.8. The van der Waals surface area contributed by atoms with Gasteiger partial charge in [-0.05, 0) is 42.2 Å². The van der Waals surface area contributed by atoms with Gasteiger partial charge >= 0.3 is 0 Å². The molecule has 1 atom stereocenters. The highest BCUT2D eigenvalue weighted by Gasteiger charge is 2.05. The van der Waals surface area contributed by atoms with Crippen LogP contribution < -0.4 is 5.32 Å². The molecular weight excluding hydrogens is 237 g/mol. The van der Waals surface area contributed by atoms with E-state index in [2.05, 4.69) is 43.4 Å². The first-order valence-corrected chi connectivity index (χ1v) is 6.75. The van der Waals surface area contributed by atoms with Crippen LogP contribution in [0.5, 0.6) is 0 Å². The van der Waals surface area contributed by atoms with Crippen molar-refractivity contribution in [2.45, 2.75) is 32.9 Å². The minimum absolute atomic E-state index is 0.140. The van der Waals surface area contributed by atoms with Crippen molar-refractivity contribution in [3.05, 3.63) is 71.0 Å². The van der Waals surface area contributed by atoms with Crippen molar-refractivity contribution < 1.29 is 4.39 Å². The van der Waals surface area contributed by atoms with Crippen molar-refractivity contribution in [3.63, 3.8) is 0 Å². The summed E-state index contributed by atoms with van der Waals surface area (Å²) >= 11 is 0. The molecule has 1 N–H and O–H groups in total. The van der Waals surface area contributed by atoms with Crippen molar-refractivity contribution >= 4 is 0 Å². The Hall–Kier alpha value is -1.67. The average Bonchev–Trinajstić information content (AvgIpc) is 2.45. The van der Waals surface area contributed by atoms with Crippen molar-refractivity contribution in [3.8, 4) is 0 Å². The predicted molar refractivity (Wildman–Crippen MR) is 77.5 cm³/mol. The lowest BCUT2D eigenvalue weighted by Gasteiger charge is -2.14. The molecule has 19 heavy (non-hydrogen) atoms. The number of aryl methyl sites for hydroxylation is 1. The fourth-order valence-corrected chi connectivity index (χ4v) is 2.06. The molecule has 0 aliphatic rings. The molecule has 0 amide bonds. The fraction of sp³-hybridized carbons (Fsp3) is 0.294. The number of nitrogens with one attached hydrogen (secondary N) is 1. The zero-order valence-electron chi connectivity index (χ0n) is 11.5. The molecule has 0 unspecified atom stereocenters. The highest BCUT2D eigenvalue weighted by atomic mass is 19.1. The third-order valence-electron chi connectivity index (χ3n) is 3.39. The van der Waals surface area contributed by atoms with Crippen LogP contribution in [0.15, 0.2) is 48.5 Å². The Labute approximate surface area is 114 Å². The van der Waals surface area contributed by atoms with E-state index < -0.39 is 0 Å². The average molecular weight is 257 g/mol. The highest BCUT2D eigenvalue weighted by molar-refractivity contribution is 5.23. The number of halogens is 1. The smallest absolute Gasteiger partial charge is 0.123 e. The van der Waals surface area contributed by atoms with E-state index in [1.54, 1.807) is 12.1 Å². The van der Waals surface area contributed by atoms with Gasteiger partial charge in [0.2, 0.25) is 0 Å². The summed E-state index contributed by atoms with van der Waals surface area (Å²) in [5.74, 6) is -0.182. The Morgan fingerprint density at radius 2 is 1.74 bits per heavy atom. The van der Waals surface area contributed by atoms with E-state index in [4.69, 9.17) is 0 Å². The molecule has 0 saturated heterocycles. The van der Waals surface area contributed by atoms with Gasteiger partial charge in [0.25, 0.3) is 0 Å². The van der Waals surface area contributed by atoms with Gasteiger partial charge in [-0.1, -0.05) is 43.3 Å². The monoisotopic (exact) mass is 257 g/mol. The molecule has 0 bridgehead atoms. The molecule has 2 aromatic rings. The van der Waals surface area contributed by atoms with Crippen LogP contribution in [0, 0.1) is 5.82 Å². The molecule has 1 nitrogen and oxygen atoms in total. The van der Waals surface area contributed by atoms with Crippen LogP contribution in [0.3, 0.4) is 0 Å². The van der Waals surface area contributed by atoms with Gasteiger partial charge in [-0.3, -0.25) is 0 Å². The van der Waals surface area contributed by atoms with Crippen molar-refractivity contribution in [1.82, 2.24) is 5.32 Å². The summed E-state index contributed by atoms with van der Waals surface area (Å²) < 4.78 is 13.1. The highest BCUT2D eigenvalue weighted by Crippen LogP contribution is 2.14. The van der Waals surface area contributed by atoms with Crippen molar-refractivity contribution in [1.29, 1.82) is 0 Å². The third-order valence-corrected chi connectivity index (χ3v) is 3.39. The lowest BCUT2D eigenvalue weighted by atomic mass is 10.1. The molecule has 0 aliphatic heterocycles. The summed E-state index contributed by atoms with van der Waals surface area (Å²) in [5.41, 5.74) is 3.58. The minimum Gasteiger partial charge on any atom is -0.306 e. The Balaban J connectivity index is 1.94. The Morgan fingerprint density at radius 1 is 1.05 bits per heavy atom. The molecule has 2 rings (SSSR count). The van der Waals surface area contributed by atoms with E-state index in [1.165, 1.54) is 17.2 Å². The van der Waals surface area contributed by atoms with E-state index in [0.29, 0.717) is 0 Å². The van der Waals surface area contributed by atoms with E-state index in [-0.39, 0.29) is 11.9 Å². The van der Waals surface area contributed by atoms with Crippen LogP contribution >= 0.6 is 0 Å². The standard InChI is InChI=1S/C17H20FN/c1-3-14-7-9-15(10-8-14)12-19-13(2)16-5-4-6-17(18)11-16/h4-11,13,19H,3,12H2,1-2H3/t13-/m0/s1. The molecule has 0 aliphatic carbocycles. The Kier molecular flexibility index (Phi) is 4.69. The Bertz CT molecular complexity index is 519. The van der Waals surface area contributed by atoms with E-state index in [9.17, 15) is 4.39 Å². The maximum absolute atomic E-state index is 13.1. The van der Waals surface area contributed by atoms with Crippen molar-refractivity contribution in [2.24, 2.45) is 0 Å². The van der Waals surface area contributed by atoms with Crippen molar-refractivity contribution in [2.75, 3.05) is 0 Å². The van der Waals surface area contributed by atoms with Gasteiger partial charge in [-0.15, -0.1) is 0 Å². The summed E-state index contributed by atoms with van der Waals surface area (Å²) in [6, 6.07) is 15.5. The van der Waals surface area contributed by atoms with E-state index in [0.717, 1.165) is 18.5 Å². The molecular formula is C17H20FN. The van der Waals surface area contributed by atoms with Crippen LogP contribution in [0.2, 0.25) is 0 Å². The normalized spacial score (nSPS) is 12.4. The van der Waals surface area contributed by atoms with Crippen LogP contribution in [0.4, 0.5) is 4.39 Å². The zero-order chi connectivity index (χ0) is 13.7. The van der Waals surface area contributed by atoms with Gasteiger partial charge in [-0.25, -0.2) is 4.39 Å². The molecule has 0 saturated carbocycles. The number of hydrogen-bond donors (Lipinski definition) is 1. The topological polar surface area (TPSA) is 12.0 Å². The molecule has 100 valence electrons. The number of benzene rings is 2. The van der Waals surface area contributed by atoms with Gasteiger partial charge in [0.1, 0.15) is 5.82 Å². The lowest BCUT2D eigenvalue weighted by Crippen LogP contribution is -2.18. The first-order chi connectivity index (χ1) is 9.19. The molecule has 0 aromatic heterocycles. The van der Waals surface area contributed by atoms with E-state index in [1.807, 2.05) is 6.07 Å². The van der Waals surface area contributed by atoms with Crippen LogP contribution in [-0.4, -0.2) is 0 Å². The summed E-state index contributed by atoms with van der Waals surface area (Å²) in [5, 5.41) is 3.41. The van der Waals surface area contributed by atoms with Crippen LogP contribution in [0.25, 0.3) is 0 Å². The second kappa shape index (κ2) is 6.48. The molecule has 0 radical (unpaired) electrons. The molecule has 0 fully saturated rings. The summed E-state index contributed by atoms with van der Waals surface area (Å²) in [6.07, 6.45) is 1.06. The fourth-order valence-electron chi connectivity index (χ4n) is 2.06. The molecule has 0 spiro atoms. The van der Waals surface area contributed by atoms with Crippen LogP contribution in [0.1, 0.15) is 36.6 Å². The number of hydrogen-bond acceptors (Lipinski definition) is 1. The second-order valence-corrected chi connectivity index (χ2v) is 4.83. The van der Waals surface area contributed by atoms with Crippen LogP contribution in [-0.2, 0) is 13.0 Å². The first-order valence-electron chi connectivity index (χ1n) is 6.75. The summed E-state index contributed by atoms with van der Waals surface area (Å²) in [7, 11) is 0. The second-order valence-electron chi connectivity index (χ2n) is 4.83. The van der Waals surface area contributed by atoms with E-state index >= 15 is 0 Å². The lowest BCUT2D eigenvalue weighted by molar-refractivity contribution is 0.565. The number of rotatable bonds is 5. The molecule has 2 heteroatoms. The maximum atomic E-state index is 13.1. The van der Waals surface area contributed by atoms with Gasteiger partial charge in [0.05, 0.1) is 0 Å². The van der Waals surface area contributed by atoms with Gasteiger partial charge in [-0.2, -0.15) is 0 Å². The SMILES string of the molecule is CCc1ccc(CN[C@@H](C)c2cccc(F)c2)cc1. The Morgan fingerprint density at radius 3 is 2.37 bits per heavy atom. The third kappa shape index (κ3) is 3.90. The quantitative estimate of drug-likeness (QED) is 0.844. The maximum Gasteiger partial charge on any atom is 0.123 e. The molecule has 0 heterocycles. The summed E-state index contributed by atoms with van der Waals surface area (Å²) in [4.78, 5) is 0. The largest absolute Gasteiger partial charge is 0.306 e. The van der Waals surface area contributed by atoms with Gasteiger partial charge < -0.3 is 5.32 Å². The van der Waals surface area contributed by atoms with Gasteiger partial charge in [0, 0.05) is 12.6 Å². The predicted octanol–water partition coefficient (Wildman–Crippen LogP) is 4.24. The molecule has 2 aromatic carbocycles.